The monoisotopic (exact) mass is 308 g/mol. The first-order valence-electron chi connectivity index (χ1n) is 5.63. The van der Waals surface area contributed by atoms with Crippen LogP contribution in [0.5, 0.6) is 0 Å². The van der Waals surface area contributed by atoms with Gasteiger partial charge in [0.25, 0.3) is 5.91 Å². The highest BCUT2D eigenvalue weighted by Crippen LogP contribution is 2.19. The van der Waals surface area contributed by atoms with E-state index in [-0.39, 0.29) is 15.6 Å². The minimum absolute atomic E-state index is 0.0576. The zero-order valence-corrected chi connectivity index (χ0v) is 11.8. The number of carbonyl (C=O) groups is 1. The molecule has 0 atom stereocenters. The highest BCUT2D eigenvalue weighted by Gasteiger charge is 2.11. The van der Waals surface area contributed by atoms with Gasteiger partial charge in [-0.25, -0.2) is 4.39 Å². The van der Waals surface area contributed by atoms with Crippen LogP contribution in [0, 0.1) is 5.82 Å². The summed E-state index contributed by atoms with van der Waals surface area (Å²) in [5.41, 5.74) is 6.95. The molecule has 0 spiro atoms. The van der Waals surface area contributed by atoms with Crippen LogP contribution in [0.15, 0.2) is 42.5 Å². The van der Waals surface area contributed by atoms with Crippen molar-refractivity contribution >= 4 is 40.4 Å². The fraction of sp³-hybridized carbons (Fsp3) is 0. The van der Waals surface area contributed by atoms with Crippen LogP contribution in [0.3, 0.4) is 0 Å². The first-order valence-corrected chi connectivity index (χ1v) is 6.42. The molecular formula is C14H10ClFN2OS. The second-order valence-electron chi connectivity index (χ2n) is 4.02. The minimum atomic E-state index is -0.493. The molecule has 0 aromatic heterocycles. The molecule has 2 rings (SSSR count). The number of hydrogen-bond acceptors (Lipinski definition) is 2. The molecule has 0 fully saturated rings. The molecule has 0 heterocycles. The SMILES string of the molecule is NC(=S)c1ccc(NC(=O)c2ccc(F)cc2Cl)cc1. The molecule has 0 radical (unpaired) electrons. The topological polar surface area (TPSA) is 55.1 Å². The third-order valence-electron chi connectivity index (χ3n) is 2.60. The molecule has 0 aliphatic rings. The highest BCUT2D eigenvalue weighted by atomic mass is 35.5. The number of carbonyl (C=O) groups excluding carboxylic acids is 1. The van der Waals surface area contributed by atoms with Crippen molar-refractivity contribution < 1.29 is 9.18 Å². The molecule has 0 saturated heterocycles. The van der Waals surface area contributed by atoms with Crippen LogP contribution in [-0.2, 0) is 0 Å². The lowest BCUT2D eigenvalue weighted by molar-refractivity contribution is 0.102. The summed E-state index contributed by atoms with van der Waals surface area (Å²) in [5, 5.41) is 2.71. The molecule has 0 aliphatic carbocycles. The number of nitrogens with two attached hydrogens (primary N) is 1. The summed E-state index contributed by atoms with van der Waals surface area (Å²) in [6.45, 7) is 0. The van der Waals surface area contributed by atoms with Crippen molar-refractivity contribution in [3.05, 3.63) is 64.4 Å². The van der Waals surface area contributed by atoms with E-state index in [9.17, 15) is 9.18 Å². The smallest absolute Gasteiger partial charge is 0.257 e. The average molecular weight is 309 g/mol. The summed E-state index contributed by atoms with van der Waals surface area (Å²) in [4.78, 5) is 12.3. The summed E-state index contributed by atoms with van der Waals surface area (Å²) in [6.07, 6.45) is 0. The summed E-state index contributed by atoms with van der Waals surface area (Å²) in [7, 11) is 0. The van der Waals surface area contributed by atoms with E-state index < -0.39 is 11.7 Å². The number of rotatable bonds is 3. The van der Waals surface area contributed by atoms with Gasteiger partial charge in [0, 0.05) is 11.3 Å². The fourth-order valence-corrected chi connectivity index (χ4v) is 1.98. The third-order valence-corrected chi connectivity index (χ3v) is 3.15. The molecule has 3 N–H and O–H groups in total. The minimum Gasteiger partial charge on any atom is -0.389 e. The van der Waals surface area contributed by atoms with Gasteiger partial charge >= 0.3 is 0 Å². The maximum atomic E-state index is 12.9. The molecular weight excluding hydrogens is 299 g/mol. The Balaban J connectivity index is 2.17. The maximum Gasteiger partial charge on any atom is 0.257 e. The molecule has 20 heavy (non-hydrogen) atoms. The van der Waals surface area contributed by atoms with Crippen LogP contribution >= 0.6 is 23.8 Å². The Morgan fingerprint density at radius 1 is 1.20 bits per heavy atom. The normalized spacial score (nSPS) is 10.1. The van der Waals surface area contributed by atoms with E-state index in [0.717, 1.165) is 6.07 Å². The highest BCUT2D eigenvalue weighted by molar-refractivity contribution is 7.80. The van der Waals surface area contributed by atoms with E-state index in [2.05, 4.69) is 5.32 Å². The van der Waals surface area contributed by atoms with Crippen molar-refractivity contribution in [2.75, 3.05) is 5.32 Å². The summed E-state index contributed by atoms with van der Waals surface area (Å²) >= 11 is 10.7. The summed E-state index contributed by atoms with van der Waals surface area (Å²) in [6, 6.07) is 10.3. The van der Waals surface area contributed by atoms with Crippen molar-refractivity contribution in [1.29, 1.82) is 0 Å². The van der Waals surface area contributed by atoms with Gasteiger partial charge in [-0.2, -0.15) is 0 Å². The van der Waals surface area contributed by atoms with E-state index in [1.54, 1.807) is 24.3 Å². The van der Waals surface area contributed by atoms with E-state index >= 15 is 0 Å². The van der Waals surface area contributed by atoms with E-state index in [4.69, 9.17) is 29.6 Å². The van der Waals surface area contributed by atoms with Gasteiger partial charge in [0.2, 0.25) is 0 Å². The first-order chi connectivity index (χ1) is 9.47. The Kier molecular flexibility index (Phi) is 4.32. The third kappa shape index (κ3) is 3.31. The summed E-state index contributed by atoms with van der Waals surface area (Å²) < 4.78 is 12.9. The van der Waals surface area contributed by atoms with Crippen molar-refractivity contribution in [3.8, 4) is 0 Å². The lowest BCUT2D eigenvalue weighted by Gasteiger charge is -2.07. The molecule has 0 unspecified atom stereocenters. The lowest BCUT2D eigenvalue weighted by Crippen LogP contribution is -2.13. The van der Waals surface area contributed by atoms with Crippen LogP contribution in [-0.4, -0.2) is 10.9 Å². The Morgan fingerprint density at radius 2 is 1.85 bits per heavy atom. The number of nitrogens with one attached hydrogen (secondary N) is 1. The predicted octanol–water partition coefficient (Wildman–Crippen LogP) is 3.37. The molecule has 1 amide bonds. The van der Waals surface area contributed by atoms with E-state index in [1.165, 1.54) is 12.1 Å². The number of benzene rings is 2. The maximum absolute atomic E-state index is 12.9. The molecule has 0 saturated carbocycles. The summed E-state index contributed by atoms with van der Waals surface area (Å²) in [5.74, 6) is -0.912. The first kappa shape index (κ1) is 14.4. The van der Waals surface area contributed by atoms with Crippen molar-refractivity contribution in [3.63, 3.8) is 0 Å². The van der Waals surface area contributed by atoms with Crippen molar-refractivity contribution in [2.24, 2.45) is 5.73 Å². The van der Waals surface area contributed by atoms with Crippen LogP contribution in [0.25, 0.3) is 0 Å². The van der Waals surface area contributed by atoms with Gasteiger partial charge in [-0.05, 0) is 42.5 Å². The zero-order chi connectivity index (χ0) is 14.7. The number of hydrogen-bond donors (Lipinski definition) is 2. The number of halogens is 2. The van der Waals surface area contributed by atoms with Gasteiger partial charge in [0.1, 0.15) is 10.8 Å². The Labute approximate surface area is 125 Å². The number of thiocarbonyl (C=S) groups is 1. The van der Waals surface area contributed by atoms with E-state index in [0.29, 0.717) is 11.3 Å². The number of amides is 1. The van der Waals surface area contributed by atoms with Gasteiger partial charge in [0.05, 0.1) is 10.6 Å². The van der Waals surface area contributed by atoms with Gasteiger partial charge in [-0.15, -0.1) is 0 Å². The van der Waals surface area contributed by atoms with Gasteiger partial charge in [-0.3, -0.25) is 4.79 Å². The van der Waals surface area contributed by atoms with Crippen LogP contribution < -0.4 is 11.1 Å². The van der Waals surface area contributed by atoms with Crippen molar-refractivity contribution in [2.45, 2.75) is 0 Å². The lowest BCUT2D eigenvalue weighted by atomic mass is 10.1. The molecule has 3 nitrogen and oxygen atoms in total. The van der Waals surface area contributed by atoms with Crippen LogP contribution in [0.4, 0.5) is 10.1 Å². The second-order valence-corrected chi connectivity index (χ2v) is 4.87. The molecule has 2 aromatic carbocycles. The zero-order valence-electron chi connectivity index (χ0n) is 10.2. The van der Waals surface area contributed by atoms with Crippen molar-refractivity contribution in [1.82, 2.24) is 0 Å². The van der Waals surface area contributed by atoms with Gasteiger partial charge in [0.15, 0.2) is 0 Å². The quantitative estimate of drug-likeness (QED) is 0.855. The average Bonchev–Trinajstić information content (AvgIpc) is 2.39. The predicted molar refractivity (Wildman–Crippen MR) is 81.7 cm³/mol. The Hall–Kier alpha value is -1.98. The van der Waals surface area contributed by atoms with Gasteiger partial charge < -0.3 is 11.1 Å². The van der Waals surface area contributed by atoms with Gasteiger partial charge in [-0.1, -0.05) is 23.8 Å². The second kappa shape index (κ2) is 5.98. The molecule has 0 aliphatic heterocycles. The van der Waals surface area contributed by atoms with E-state index in [1.807, 2.05) is 0 Å². The Bertz CT molecular complexity index is 673. The standard InChI is InChI=1S/C14H10ClFN2OS/c15-12-7-9(16)3-6-11(12)14(19)18-10-4-1-8(2-5-10)13(17)20/h1-7H,(H2,17,20)(H,18,19). The molecule has 6 heteroatoms. The van der Waals surface area contributed by atoms with Crippen LogP contribution in [0.1, 0.15) is 15.9 Å². The largest absolute Gasteiger partial charge is 0.389 e. The molecule has 0 bridgehead atoms. The fourth-order valence-electron chi connectivity index (χ4n) is 1.59. The van der Waals surface area contributed by atoms with Crippen LogP contribution in [0.2, 0.25) is 5.02 Å². The molecule has 102 valence electrons. The number of anilines is 1. The Morgan fingerprint density at radius 3 is 2.40 bits per heavy atom. The molecule has 2 aromatic rings.